The number of nitrogens with zero attached hydrogens (tertiary/aromatic N) is 4. The summed E-state index contributed by atoms with van der Waals surface area (Å²) in [5.74, 6) is 0.777. The van der Waals surface area contributed by atoms with Gasteiger partial charge in [-0.05, 0) is 41.8 Å². The molecular formula is C20H19FN4OS. The van der Waals surface area contributed by atoms with Crippen molar-refractivity contribution in [3.05, 3.63) is 65.5 Å². The largest absolute Gasteiger partial charge is 0.337 e. The van der Waals surface area contributed by atoms with E-state index in [4.69, 9.17) is 0 Å². The van der Waals surface area contributed by atoms with Gasteiger partial charge in [0.2, 0.25) is 5.91 Å². The molecule has 1 amide bonds. The molecule has 1 aromatic heterocycles. The Hall–Kier alpha value is -2.67. The summed E-state index contributed by atoms with van der Waals surface area (Å²) in [5, 5.41) is 9.03. The van der Waals surface area contributed by atoms with Crippen molar-refractivity contribution in [2.75, 3.05) is 12.3 Å². The van der Waals surface area contributed by atoms with Gasteiger partial charge in [-0.25, -0.2) is 4.39 Å². The van der Waals surface area contributed by atoms with Gasteiger partial charge in [0.1, 0.15) is 5.82 Å². The lowest BCUT2D eigenvalue weighted by Crippen LogP contribution is -2.37. The molecule has 0 saturated heterocycles. The monoisotopic (exact) mass is 382 g/mol. The molecule has 1 aliphatic heterocycles. The highest BCUT2D eigenvalue weighted by atomic mass is 32.2. The summed E-state index contributed by atoms with van der Waals surface area (Å²) in [6.07, 6.45) is 0.894. The predicted molar refractivity (Wildman–Crippen MR) is 103 cm³/mol. The highest BCUT2D eigenvalue weighted by Crippen LogP contribution is 2.24. The number of amides is 1. The Morgan fingerprint density at radius 2 is 1.85 bits per heavy atom. The molecular weight excluding hydrogens is 363 g/mol. The predicted octanol–water partition coefficient (Wildman–Crippen LogP) is 3.30. The molecule has 0 saturated carbocycles. The van der Waals surface area contributed by atoms with Crippen molar-refractivity contribution in [3.63, 3.8) is 0 Å². The molecule has 0 aliphatic carbocycles. The minimum atomic E-state index is -0.288. The molecule has 3 aromatic rings. The van der Waals surface area contributed by atoms with Gasteiger partial charge in [0.25, 0.3) is 0 Å². The fraction of sp³-hybridized carbons (Fsp3) is 0.250. The first-order valence-electron chi connectivity index (χ1n) is 8.74. The molecule has 0 N–H and O–H groups in total. The zero-order chi connectivity index (χ0) is 18.8. The molecule has 0 atom stereocenters. The van der Waals surface area contributed by atoms with Crippen LogP contribution in [-0.4, -0.2) is 37.9 Å². The lowest BCUT2D eigenvalue weighted by Gasteiger charge is -2.28. The van der Waals surface area contributed by atoms with Crippen LogP contribution in [0.4, 0.5) is 4.39 Å². The molecule has 5 nitrogen and oxygen atoms in total. The van der Waals surface area contributed by atoms with Gasteiger partial charge in [-0.1, -0.05) is 36.0 Å². The SMILES string of the molecule is Cn1c(SCC(=O)N2CCc3ccccc3C2)nnc1-c1ccc(F)cc1. The van der Waals surface area contributed by atoms with E-state index in [1.165, 1.54) is 35.0 Å². The Balaban J connectivity index is 1.41. The van der Waals surface area contributed by atoms with Gasteiger partial charge in [-0.15, -0.1) is 10.2 Å². The van der Waals surface area contributed by atoms with Gasteiger partial charge < -0.3 is 9.47 Å². The van der Waals surface area contributed by atoms with Gasteiger partial charge in [-0.3, -0.25) is 4.79 Å². The van der Waals surface area contributed by atoms with E-state index >= 15 is 0 Å². The van der Waals surface area contributed by atoms with Crippen molar-refractivity contribution in [2.45, 2.75) is 18.1 Å². The summed E-state index contributed by atoms with van der Waals surface area (Å²) in [7, 11) is 1.85. The summed E-state index contributed by atoms with van der Waals surface area (Å²) < 4.78 is 14.9. The number of rotatable bonds is 4. The van der Waals surface area contributed by atoms with Crippen LogP contribution in [0, 0.1) is 5.82 Å². The first-order chi connectivity index (χ1) is 13.1. The number of aromatic nitrogens is 3. The molecule has 0 unspecified atom stereocenters. The number of fused-ring (bicyclic) bond motifs is 1. The lowest BCUT2D eigenvalue weighted by molar-refractivity contribution is -0.129. The van der Waals surface area contributed by atoms with E-state index in [1.807, 2.05) is 28.6 Å². The van der Waals surface area contributed by atoms with Crippen molar-refractivity contribution >= 4 is 17.7 Å². The minimum absolute atomic E-state index is 0.0980. The van der Waals surface area contributed by atoms with Gasteiger partial charge in [-0.2, -0.15) is 0 Å². The number of hydrogen-bond acceptors (Lipinski definition) is 4. The minimum Gasteiger partial charge on any atom is -0.337 e. The van der Waals surface area contributed by atoms with Crippen LogP contribution in [0.1, 0.15) is 11.1 Å². The Morgan fingerprint density at radius 3 is 2.63 bits per heavy atom. The van der Waals surface area contributed by atoms with Gasteiger partial charge in [0.15, 0.2) is 11.0 Å². The summed E-state index contributed by atoms with van der Waals surface area (Å²) in [6, 6.07) is 14.4. The van der Waals surface area contributed by atoms with E-state index in [2.05, 4.69) is 22.3 Å². The molecule has 1 aliphatic rings. The zero-order valence-electron chi connectivity index (χ0n) is 14.9. The number of halogens is 1. The van der Waals surface area contributed by atoms with Crippen LogP contribution in [0.2, 0.25) is 0 Å². The fourth-order valence-electron chi connectivity index (χ4n) is 3.22. The number of benzene rings is 2. The summed E-state index contributed by atoms with van der Waals surface area (Å²) in [6.45, 7) is 1.41. The molecule has 0 fully saturated rings. The molecule has 138 valence electrons. The first kappa shape index (κ1) is 17.7. The summed E-state index contributed by atoms with van der Waals surface area (Å²) in [5.41, 5.74) is 3.34. The average molecular weight is 382 g/mol. The van der Waals surface area contributed by atoms with Crippen LogP contribution in [-0.2, 0) is 24.8 Å². The Morgan fingerprint density at radius 1 is 1.11 bits per heavy atom. The highest BCUT2D eigenvalue weighted by molar-refractivity contribution is 7.99. The van der Waals surface area contributed by atoms with Crippen LogP contribution >= 0.6 is 11.8 Å². The van der Waals surface area contributed by atoms with Gasteiger partial charge in [0, 0.05) is 25.7 Å². The van der Waals surface area contributed by atoms with E-state index < -0.39 is 0 Å². The molecule has 0 radical (unpaired) electrons. The third kappa shape index (κ3) is 3.73. The maximum absolute atomic E-state index is 13.1. The summed E-state index contributed by atoms with van der Waals surface area (Å²) in [4.78, 5) is 14.5. The standard InChI is InChI=1S/C20H19FN4OS/c1-24-19(15-6-8-17(21)9-7-15)22-23-20(24)27-13-18(26)25-11-10-14-4-2-3-5-16(14)12-25/h2-9H,10-13H2,1H3. The smallest absolute Gasteiger partial charge is 0.233 e. The average Bonchev–Trinajstić information content (AvgIpc) is 3.07. The molecule has 0 spiro atoms. The van der Waals surface area contributed by atoms with Crippen molar-refractivity contribution in [1.82, 2.24) is 19.7 Å². The van der Waals surface area contributed by atoms with Crippen LogP contribution in [0.15, 0.2) is 53.7 Å². The topological polar surface area (TPSA) is 51.0 Å². The fourth-order valence-corrected chi connectivity index (χ4v) is 4.03. The Labute approximate surface area is 161 Å². The van der Waals surface area contributed by atoms with E-state index in [1.54, 1.807) is 12.1 Å². The van der Waals surface area contributed by atoms with Crippen LogP contribution < -0.4 is 0 Å². The van der Waals surface area contributed by atoms with Crippen LogP contribution in [0.3, 0.4) is 0 Å². The molecule has 7 heteroatoms. The van der Waals surface area contributed by atoms with E-state index in [-0.39, 0.29) is 11.7 Å². The van der Waals surface area contributed by atoms with Gasteiger partial charge >= 0.3 is 0 Å². The van der Waals surface area contributed by atoms with Crippen LogP contribution in [0.5, 0.6) is 0 Å². The maximum atomic E-state index is 13.1. The third-order valence-electron chi connectivity index (χ3n) is 4.75. The number of carbonyl (C=O) groups is 1. The molecule has 2 aromatic carbocycles. The number of hydrogen-bond donors (Lipinski definition) is 0. The van der Waals surface area contributed by atoms with E-state index in [9.17, 15) is 9.18 Å². The van der Waals surface area contributed by atoms with E-state index in [0.29, 0.717) is 23.3 Å². The number of thioether (sulfide) groups is 1. The zero-order valence-corrected chi connectivity index (χ0v) is 15.7. The van der Waals surface area contributed by atoms with Crippen molar-refractivity contribution in [2.24, 2.45) is 7.05 Å². The maximum Gasteiger partial charge on any atom is 0.233 e. The Bertz CT molecular complexity index is 970. The summed E-state index contributed by atoms with van der Waals surface area (Å²) >= 11 is 1.37. The molecule has 27 heavy (non-hydrogen) atoms. The second-order valence-electron chi connectivity index (χ2n) is 6.49. The quantitative estimate of drug-likeness (QED) is 0.650. The van der Waals surface area contributed by atoms with Crippen molar-refractivity contribution in [3.8, 4) is 11.4 Å². The van der Waals surface area contributed by atoms with Gasteiger partial charge in [0.05, 0.1) is 5.75 Å². The molecule has 4 rings (SSSR count). The van der Waals surface area contributed by atoms with Crippen molar-refractivity contribution < 1.29 is 9.18 Å². The molecule has 2 heterocycles. The van der Waals surface area contributed by atoms with Crippen molar-refractivity contribution in [1.29, 1.82) is 0 Å². The lowest BCUT2D eigenvalue weighted by atomic mass is 10.00. The highest BCUT2D eigenvalue weighted by Gasteiger charge is 2.21. The van der Waals surface area contributed by atoms with Crippen LogP contribution in [0.25, 0.3) is 11.4 Å². The second-order valence-corrected chi connectivity index (χ2v) is 7.44. The second kappa shape index (κ2) is 7.52. The first-order valence-corrected chi connectivity index (χ1v) is 9.73. The third-order valence-corrected chi connectivity index (χ3v) is 5.75. The Kier molecular flexibility index (Phi) is 4.94. The molecule has 0 bridgehead atoms. The number of carbonyl (C=O) groups excluding carboxylic acids is 1. The normalized spacial score (nSPS) is 13.5. The van der Waals surface area contributed by atoms with E-state index in [0.717, 1.165) is 18.5 Å².